The van der Waals surface area contributed by atoms with Crippen molar-refractivity contribution in [3.8, 4) is 11.5 Å². The van der Waals surface area contributed by atoms with Crippen LogP contribution in [0.15, 0.2) is 53.5 Å². The molecule has 0 heterocycles. The molecule has 0 aliphatic heterocycles. The molecule has 2 rings (SSSR count). The van der Waals surface area contributed by atoms with E-state index < -0.39 is 4.92 Å². The highest BCUT2D eigenvalue weighted by Crippen LogP contribution is 2.26. The normalized spacial score (nSPS) is 12.2. The second kappa shape index (κ2) is 10.8. The van der Waals surface area contributed by atoms with E-state index in [0.29, 0.717) is 37.1 Å². The van der Waals surface area contributed by atoms with Gasteiger partial charge in [-0.15, -0.1) is 0 Å². The Bertz CT molecular complexity index is 793. The second-order valence-corrected chi connectivity index (χ2v) is 6.08. The Morgan fingerprint density at radius 3 is 2.43 bits per heavy atom. The number of non-ortho nitro benzene ring substituents is 1. The standard InChI is InChI=1S/C20H26N4O4/c1-4-21-20(23-14-16-9-11-17(12-10-16)24(25)26)22-13-15(2)28-19-8-6-5-7-18(19)27-3/h5-12,15H,4,13-14H2,1-3H3,(H2,21,22,23). The van der Waals surface area contributed by atoms with Crippen molar-refractivity contribution in [1.29, 1.82) is 0 Å². The smallest absolute Gasteiger partial charge is 0.269 e. The van der Waals surface area contributed by atoms with Gasteiger partial charge in [0.25, 0.3) is 5.69 Å². The van der Waals surface area contributed by atoms with Gasteiger partial charge in [0.15, 0.2) is 17.5 Å². The Labute approximate surface area is 164 Å². The van der Waals surface area contributed by atoms with Crippen molar-refractivity contribution < 1.29 is 14.4 Å². The third kappa shape index (κ3) is 6.46. The van der Waals surface area contributed by atoms with Gasteiger partial charge in [-0.2, -0.15) is 0 Å². The van der Waals surface area contributed by atoms with Gasteiger partial charge in [0.05, 0.1) is 25.1 Å². The molecule has 8 heteroatoms. The van der Waals surface area contributed by atoms with Crippen LogP contribution in [0.2, 0.25) is 0 Å². The minimum absolute atomic E-state index is 0.0695. The molecule has 2 aromatic carbocycles. The van der Waals surface area contributed by atoms with Crippen molar-refractivity contribution in [3.63, 3.8) is 0 Å². The van der Waals surface area contributed by atoms with Crippen LogP contribution in [0.3, 0.4) is 0 Å². The number of nitrogens with zero attached hydrogens (tertiary/aromatic N) is 2. The van der Waals surface area contributed by atoms with Gasteiger partial charge in [0.2, 0.25) is 0 Å². The van der Waals surface area contributed by atoms with Crippen molar-refractivity contribution in [2.45, 2.75) is 26.5 Å². The van der Waals surface area contributed by atoms with Crippen molar-refractivity contribution >= 4 is 11.6 Å². The number of guanidine groups is 1. The first-order valence-electron chi connectivity index (χ1n) is 9.08. The van der Waals surface area contributed by atoms with Gasteiger partial charge in [0, 0.05) is 18.7 Å². The number of hydrogen-bond donors (Lipinski definition) is 2. The Balaban J connectivity index is 1.92. The van der Waals surface area contributed by atoms with Gasteiger partial charge in [-0.25, -0.2) is 4.99 Å². The Hall–Kier alpha value is -3.29. The summed E-state index contributed by atoms with van der Waals surface area (Å²) in [6.45, 7) is 5.62. The lowest BCUT2D eigenvalue weighted by Gasteiger charge is -2.19. The van der Waals surface area contributed by atoms with Crippen LogP contribution in [0, 0.1) is 10.1 Å². The lowest BCUT2D eigenvalue weighted by molar-refractivity contribution is -0.384. The predicted octanol–water partition coefficient (Wildman–Crippen LogP) is 3.13. The fraction of sp³-hybridized carbons (Fsp3) is 0.350. The largest absolute Gasteiger partial charge is 0.493 e. The lowest BCUT2D eigenvalue weighted by atomic mass is 10.2. The monoisotopic (exact) mass is 386 g/mol. The first kappa shape index (κ1) is 21.0. The van der Waals surface area contributed by atoms with E-state index in [9.17, 15) is 10.1 Å². The summed E-state index contributed by atoms with van der Waals surface area (Å²) in [4.78, 5) is 14.8. The number of nitro benzene ring substituents is 1. The number of methoxy groups -OCH3 is 1. The SMILES string of the molecule is CCNC(=NCc1ccc([N+](=O)[O-])cc1)NCC(C)Oc1ccccc1OC. The van der Waals surface area contributed by atoms with Gasteiger partial charge in [0.1, 0.15) is 6.10 Å². The highest BCUT2D eigenvalue weighted by Gasteiger charge is 2.09. The molecule has 1 atom stereocenters. The zero-order valence-corrected chi connectivity index (χ0v) is 16.3. The fourth-order valence-electron chi connectivity index (χ4n) is 2.45. The van der Waals surface area contributed by atoms with Gasteiger partial charge in [-0.1, -0.05) is 24.3 Å². The van der Waals surface area contributed by atoms with Crippen molar-refractivity contribution in [2.75, 3.05) is 20.2 Å². The number of benzene rings is 2. The van der Waals surface area contributed by atoms with Gasteiger partial charge in [-0.3, -0.25) is 10.1 Å². The Kier molecular flexibility index (Phi) is 8.08. The van der Waals surface area contributed by atoms with E-state index in [1.807, 2.05) is 38.1 Å². The Morgan fingerprint density at radius 2 is 1.82 bits per heavy atom. The maximum atomic E-state index is 10.7. The summed E-state index contributed by atoms with van der Waals surface area (Å²) in [6, 6.07) is 13.9. The van der Waals surface area contributed by atoms with E-state index in [4.69, 9.17) is 9.47 Å². The molecule has 28 heavy (non-hydrogen) atoms. The van der Waals surface area contributed by atoms with Crippen LogP contribution in [0.1, 0.15) is 19.4 Å². The summed E-state index contributed by atoms with van der Waals surface area (Å²) in [7, 11) is 1.61. The van der Waals surface area contributed by atoms with Crippen LogP contribution in [0.4, 0.5) is 5.69 Å². The molecule has 0 saturated heterocycles. The van der Waals surface area contributed by atoms with Crippen LogP contribution in [0.5, 0.6) is 11.5 Å². The molecule has 0 spiro atoms. The summed E-state index contributed by atoms with van der Waals surface area (Å²) >= 11 is 0. The second-order valence-electron chi connectivity index (χ2n) is 6.08. The molecule has 0 radical (unpaired) electrons. The number of ether oxygens (including phenoxy) is 2. The van der Waals surface area contributed by atoms with Crippen LogP contribution < -0.4 is 20.1 Å². The number of nitro groups is 1. The maximum absolute atomic E-state index is 10.7. The van der Waals surface area contributed by atoms with Crippen LogP contribution >= 0.6 is 0 Å². The zero-order valence-electron chi connectivity index (χ0n) is 16.3. The fourth-order valence-corrected chi connectivity index (χ4v) is 2.45. The molecule has 150 valence electrons. The molecule has 2 N–H and O–H groups in total. The van der Waals surface area contributed by atoms with Crippen LogP contribution in [-0.2, 0) is 6.54 Å². The number of nitrogens with one attached hydrogen (secondary N) is 2. The Morgan fingerprint density at radius 1 is 1.14 bits per heavy atom. The first-order valence-corrected chi connectivity index (χ1v) is 9.08. The van der Waals surface area contributed by atoms with Gasteiger partial charge in [-0.05, 0) is 31.5 Å². The molecule has 0 aliphatic carbocycles. The average Bonchev–Trinajstić information content (AvgIpc) is 2.70. The van der Waals surface area contributed by atoms with E-state index in [1.165, 1.54) is 12.1 Å². The summed E-state index contributed by atoms with van der Waals surface area (Å²) in [6.07, 6.45) is -0.112. The van der Waals surface area contributed by atoms with Crippen molar-refractivity contribution in [2.24, 2.45) is 4.99 Å². The summed E-state index contributed by atoms with van der Waals surface area (Å²) in [5.41, 5.74) is 0.959. The molecule has 0 fully saturated rings. The number of para-hydroxylation sites is 2. The summed E-state index contributed by atoms with van der Waals surface area (Å²) < 4.78 is 11.2. The van der Waals surface area contributed by atoms with E-state index in [-0.39, 0.29) is 11.8 Å². The van der Waals surface area contributed by atoms with Gasteiger partial charge >= 0.3 is 0 Å². The maximum Gasteiger partial charge on any atom is 0.269 e. The molecular formula is C20H26N4O4. The highest BCUT2D eigenvalue weighted by atomic mass is 16.6. The van der Waals surface area contributed by atoms with Crippen LogP contribution in [-0.4, -0.2) is 37.2 Å². The molecule has 2 aromatic rings. The highest BCUT2D eigenvalue weighted by molar-refractivity contribution is 5.79. The summed E-state index contributed by atoms with van der Waals surface area (Å²) in [5, 5.41) is 17.1. The number of aliphatic imine (C=N–C) groups is 1. The third-order valence-corrected chi connectivity index (χ3v) is 3.87. The van der Waals surface area contributed by atoms with Crippen molar-refractivity contribution in [3.05, 3.63) is 64.2 Å². The summed E-state index contributed by atoms with van der Waals surface area (Å²) in [5.74, 6) is 2.02. The quantitative estimate of drug-likeness (QED) is 0.297. The molecular weight excluding hydrogens is 360 g/mol. The number of hydrogen-bond acceptors (Lipinski definition) is 5. The third-order valence-electron chi connectivity index (χ3n) is 3.87. The molecule has 1 unspecified atom stereocenters. The van der Waals surface area contributed by atoms with Gasteiger partial charge < -0.3 is 20.1 Å². The van der Waals surface area contributed by atoms with E-state index in [2.05, 4.69) is 15.6 Å². The van der Waals surface area contributed by atoms with Crippen molar-refractivity contribution in [1.82, 2.24) is 10.6 Å². The number of rotatable bonds is 9. The molecule has 0 bridgehead atoms. The average molecular weight is 386 g/mol. The minimum Gasteiger partial charge on any atom is -0.493 e. The van der Waals surface area contributed by atoms with E-state index in [0.717, 1.165) is 5.56 Å². The molecule has 8 nitrogen and oxygen atoms in total. The lowest BCUT2D eigenvalue weighted by Crippen LogP contribution is -2.41. The molecule has 0 aromatic heterocycles. The van der Waals surface area contributed by atoms with Crippen LogP contribution in [0.25, 0.3) is 0 Å². The zero-order chi connectivity index (χ0) is 20.4. The molecule has 0 aliphatic rings. The van der Waals surface area contributed by atoms with E-state index in [1.54, 1.807) is 19.2 Å². The topological polar surface area (TPSA) is 98.0 Å². The van der Waals surface area contributed by atoms with E-state index >= 15 is 0 Å². The first-order chi connectivity index (χ1) is 13.5. The molecule has 0 saturated carbocycles. The predicted molar refractivity (Wildman–Crippen MR) is 109 cm³/mol. The minimum atomic E-state index is -0.415. The molecule has 0 amide bonds.